The summed E-state index contributed by atoms with van der Waals surface area (Å²) in [5, 5.41) is 0.799. The number of furan rings is 1. The summed E-state index contributed by atoms with van der Waals surface area (Å²) in [5.41, 5.74) is 0.966. The van der Waals surface area contributed by atoms with Crippen LogP contribution in [-0.2, 0) is 4.74 Å². The third-order valence-electron chi connectivity index (χ3n) is 1.88. The standard InChI is InChI=1S/C11H11NO3/c1-7(2)15-11(13)9-5-8-3-4-14-10(8)12-6-9/h3-7H,1-2H3. The molecule has 0 atom stereocenters. The Bertz CT molecular complexity index is 487. The summed E-state index contributed by atoms with van der Waals surface area (Å²) in [4.78, 5) is 15.5. The second-order valence-corrected chi connectivity index (χ2v) is 3.49. The Kier molecular flexibility index (Phi) is 2.41. The van der Waals surface area contributed by atoms with E-state index < -0.39 is 0 Å². The van der Waals surface area contributed by atoms with E-state index in [1.807, 2.05) is 13.8 Å². The van der Waals surface area contributed by atoms with Crippen LogP contribution in [0.25, 0.3) is 11.1 Å². The van der Waals surface area contributed by atoms with Gasteiger partial charge in [-0.05, 0) is 26.0 Å². The molecule has 78 valence electrons. The van der Waals surface area contributed by atoms with Gasteiger partial charge in [-0.2, -0.15) is 0 Å². The third-order valence-corrected chi connectivity index (χ3v) is 1.88. The molecule has 0 aliphatic rings. The van der Waals surface area contributed by atoms with Crippen LogP contribution in [0.2, 0.25) is 0 Å². The molecular weight excluding hydrogens is 194 g/mol. The van der Waals surface area contributed by atoms with Crippen molar-refractivity contribution in [3.05, 3.63) is 30.2 Å². The number of hydrogen-bond donors (Lipinski definition) is 0. The van der Waals surface area contributed by atoms with E-state index in [1.165, 1.54) is 12.5 Å². The molecule has 0 aromatic carbocycles. The highest BCUT2D eigenvalue weighted by molar-refractivity contribution is 5.92. The highest BCUT2D eigenvalue weighted by Gasteiger charge is 2.11. The second-order valence-electron chi connectivity index (χ2n) is 3.49. The van der Waals surface area contributed by atoms with E-state index in [-0.39, 0.29) is 12.1 Å². The lowest BCUT2D eigenvalue weighted by Crippen LogP contribution is -2.11. The predicted molar refractivity (Wildman–Crippen MR) is 54.6 cm³/mol. The lowest BCUT2D eigenvalue weighted by Gasteiger charge is -2.06. The molecule has 4 nitrogen and oxygen atoms in total. The van der Waals surface area contributed by atoms with Crippen LogP contribution in [-0.4, -0.2) is 17.1 Å². The first-order chi connectivity index (χ1) is 7.16. The molecule has 15 heavy (non-hydrogen) atoms. The number of carbonyl (C=O) groups excluding carboxylic acids is 1. The highest BCUT2D eigenvalue weighted by Crippen LogP contribution is 2.14. The largest absolute Gasteiger partial charge is 0.459 e. The normalized spacial score (nSPS) is 10.9. The van der Waals surface area contributed by atoms with Crippen LogP contribution in [0.1, 0.15) is 24.2 Å². The van der Waals surface area contributed by atoms with E-state index in [9.17, 15) is 4.79 Å². The van der Waals surface area contributed by atoms with E-state index in [1.54, 1.807) is 12.1 Å². The van der Waals surface area contributed by atoms with E-state index in [0.29, 0.717) is 11.3 Å². The maximum absolute atomic E-state index is 11.5. The topological polar surface area (TPSA) is 52.3 Å². The summed E-state index contributed by atoms with van der Waals surface area (Å²) in [6.07, 6.45) is 2.86. The molecule has 2 heterocycles. The molecule has 0 fully saturated rings. The molecule has 0 N–H and O–H groups in total. The fraction of sp³-hybridized carbons (Fsp3) is 0.273. The Balaban J connectivity index is 2.31. The first-order valence-corrected chi connectivity index (χ1v) is 4.71. The number of ether oxygens (including phenoxy) is 1. The average Bonchev–Trinajstić information content (AvgIpc) is 2.62. The molecule has 0 bridgehead atoms. The van der Waals surface area contributed by atoms with E-state index >= 15 is 0 Å². The zero-order valence-electron chi connectivity index (χ0n) is 8.56. The molecule has 0 radical (unpaired) electrons. The molecule has 4 heteroatoms. The van der Waals surface area contributed by atoms with Gasteiger partial charge in [-0.3, -0.25) is 0 Å². The molecular formula is C11H11NO3. The number of carbonyl (C=O) groups is 1. The molecule has 0 aliphatic heterocycles. The van der Waals surface area contributed by atoms with Gasteiger partial charge in [0.1, 0.15) is 0 Å². The number of nitrogens with zero attached hydrogens (tertiary/aromatic N) is 1. The maximum atomic E-state index is 11.5. The highest BCUT2D eigenvalue weighted by atomic mass is 16.5. The minimum absolute atomic E-state index is 0.127. The van der Waals surface area contributed by atoms with Crippen molar-refractivity contribution in [2.45, 2.75) is 20.0 Å². The molecule has 0 saturated carbocycles. The van der Waals surface area contributed by atoms with Crippen LogP contribution in [0.5, 0.6) is 0 Å². The third kappa shape index (κ3) is 1.98. The van der Waals surface area contributed by atoms with E-state index in [0.717, 1.165) is 5.39 Å². The van der Waals surface area contributed by atoms with Gasteiger partial charge in [-0.15, -0.1) is 0 Å². The predicted octanol–water partition coefficient (Wildman–Crippen LogP) is 2.39. The van der Waals surface area contributed by atoms with Gasteiger partial charge in [0.25, 0.3) is 0 Å². The summed E-state index contributed by atoms with van der Waals surface area (Å²) in [5.74, 6) is -0.361. The lowest BCUT2D eigenvalue weighted by atomic mass is 10.2. The van der Waals surface area contributed by atoms with Crippen molar-refractivity contribution in [1.82, 2.24) is 4.98 Å². The molecule has 2 aromatic heterocycles. The molecule has 0 saturated heterocycles. The summed E-state index contributed by atoms with van der Waals surface area (Å²) in [6.45, 7) is 3.61. The minimum atomic E-state index is -0.361. The van der Waals surface area contributed by atoms with Crippen molar-refractivity contribution in [2.75, 3.05) is 0 Å². The average molecular weight is 205 g/mol. The van der Waals surface area contributed by atoms with Crippen LogP contribution >= 0.6 is 0 Å². The Morgan fingerprint density at radius 3 is 3.07 bits per heavy atom. The number of pyridine rings is 1. The van der Waals surface area contributed by atoms with Gasteiger partial charge in [-0.1, -0.05) is 0 Å². The van der Waals surface area contributed by atoms with Crippen LogP contribution in [0, 0.1) is 0 Å². The van der Waals surface area contributed by atoms with Crippen LogP contribution < -0.4 is 0 Å². The SMILES string of the molecule is CC(C)OC(=O)c1cnc2occc2c1. The molecule has 0 unspecified atom stereocenters. The zero-order valence-corrected chi connectivity index (χ0v) is 8.56. The minimum Gasteiger partial charge on any atom is -0.459 e. The van der Waals surface area contributed by atoms with Gasteiger partial charge < -0.3 is 9.15 Å². The monoisotopic (exact) mass is 205 g/mol. The smallest absolute Gasteiger partial charge is 0.339 e. The van der Waals surface area contributed by atoms with Crippen LogP contribution in [0.3, 0.4) is 0 Å². The number of hydrogen-bond acceptors (Lipinski definition) is 4. The summed E-state index contributed by atoms with van der Waals surface area (Å²) in [6, 6.07) is 3.46. The van der Waals surface area contributed by atoms with Crippen molar-refractivity contribution in [3.63, 3.8) is 0 Å². The van der Waals surface area contributed by atoms with Crippen LogP contribution in [0.4, 0.5) is 0 Å². The van der Waals surface area contributed by atoms with Crippen molar-refractivity contribution < 1.29 is 13.9 Å². The number of fused-ring (bicyclic) bond motifs is 1. The van der Waals surface area contributed by atoms with Crippen molar-refractivity contribution in [3.8, 4) is 0 Å². The molecule has 0 spiro atoms. The van der Waals surface area contributed by atoms with Crippen molar-refractivity contribution >= 4 is 17.1 Å². The number of rotatable bonds is 2. The zero-order chi connectivity index (χ0) is 10.8. The Morgan fingerprint density at radius 2 is 2.33 bits per heavy atom. The maximum Gasteiger partial charge on any atom is 0.339 e. The van der Waals surface area contributed by atoms with E-state index in [2.05, 4.69) is 4.98 Å². The quantitative estimate of drug-likeness (QED) is 0.706. The van der Waals surface area contributed by atoms with Crippen molar-refractivity contribution in [2.24, 2.45) is 0 Å². The van der Waals surface area contributed by atoms with Gasteiger partial charge in [0.05, 0.1) is 17.9 Å². The second kappa shape index (κ2) is 3.73. The van der Waals surface area contributed by atoms with E-state index in [4.69, 9.17) is 9.15 Å². The first-order valence-electron chi connectivity index (χ1n) is 4.71. The van der Waals surface area contributed by atoms with Gasteiger partial charge >= 0.3 is 5.97 Å². The Hall–Kier alpha value is -1.84. The lowest BCUT2D eigenvalue weighted by molar-refractivity contribution is 0.0377. The van der Waals surface area contributed by atoms with Gasteiger partial charge in [0.15, 0.2) is 0 Å². The molecule has 0 aliphatic carbocycles. The van der Waals surface area contributed by atoms with Crippen molar-refractivity contribution in [1.29, 1.82) is 0 Å². The summed E-state index contributed by atoms with van der Waals surface area (Å²) < 4.78 is 10.1. The fourth-order valence-electron chi connectivity index (χ4n) is 1.25. The molecule has 0 amide bonds. The summed E-state index contributed by atoms with van der Waals surface area (Å²) >= 11 is 0. The van der Waals surface area contributed by atoms with Gasteiger partial charge in [0, 0.05) is 11.6 Å². The van der Waals surface area contributed by atoms with Crippen LogP contribution in [0.15, 0.2) is 29.0 Å². The number of aromatic nitrogens is 1. The Morgan fingerprint density at radius 1 is 1.53 bits per heavy atom. The first kappa shape index (κ1) is 9.71. The summed E-state index contributed by atoms with van der Waals surface area (Å²) in [7, 11) is 0. The fourth-order valence-corrected chi connectivity index (χ4v) is 1.25. The Labute approximate surface area is 86.9 Å². The molecule has 2 aromatic rings. The van der Waals surface area contributed by atoms with Gasteiger partial charge in [0.2, 0.25) is 5.71 Å². The molecule has 2 rings (SSSR count). The number of esters is 1. The van der Waals surface area contributed by atoms with Gasteiger partial charge in [-0.25, -0.2) is 9.78 Å².